The van der Waals surface area contributed by atoms with Crippen molar-refractivity contribution in [2.75, 3.05) is 0 Å². The molecule has 0 aliphatic rings. The summed E-state index contributed by atoms with van der Waals surface area (Å²) in [5, 5.41) is 12.2. The monoisotopic (exact) mass is 358 g/mol. The van der Waals surface area contributed by atoms with Crippen molar-refractivity contribution in [3.05, 3.63) is 54.8 Å². The molecule has 0 bridgehead atoms. The summed E-state index contributed by atoms with van der Waals surface area (Å²) in [5.74, 6) is 0. The average molecular weight is 358 g/mol. The van der Waals surface area contributed by atoms with Crippen molar-refractivity contribution in [3.8, 4) is 0 Å². The van der Waals surface area contributed by atoms with Crippen molar-refractivity contribution in [1.82, 2.24) is 0 Å². The van der Waals surface area contributed by atoms with E-state index in [0.717, 1.165) is 5.56 Å². The van der Waals surface area contributed by atoms with Crippen LogP contribution in [0, 0.1) is 16.7 Å². The molecule has 1 atom stereocenters. The Morgan fingerprint density at radius 1 is 1.18 bits per heavy atom. The van der Waals surface area contributed by atoms with Crippen molar-refractivity contribution >= 4 is 33.9 Å². The van der Waals surface area contributed by atoms with Gasteiger partial charge in [-0.3, -0.25) is 0 Å². The molecule has 0 radical (unpaired) electrons. The minimum atomic E-state index is -0.393. The molecule has 3 heteroatoms. The zero-order valence-electron chi connectivity index (χ0n) is 9.90. The van der Waals surface area contributed by atoms with Gasteiger partial charge in [0, 0.05) is 6.42 Å². The lowest BCUT2D eigenvalue weighted by Gasteiger charge is -2.10. The van der Waals surface area contributed by atoms with E-state index in [4.69, 9.17) is 0 Å². The second-order valence-corrected chi connectivity index (χ2v) is 7.21. The molecule has 0 saturated heterocycles. The molecule has 1 unspecified atom stereocenters. The van der Waals surface area contributed by atoms with Gasteiger partial charge in [-0.15, -0.1) is 11.3 Å². The van der Waals surface area contributed by atoms with Gasteiger partial charge in [0.15, 0.2) is 0 Å². The number of aliphatic hydroxyl groups excluding tert-OH is 1. The van der Waals surface area contributed by atoms with Crippen molar-refractivity contribution in [2.45, 2.75) is 26.4 Å². The van der Waals surface area contributed by atoms with Gasteiger partial charge in [-0.1, -0.05) is 29.3 Å². The minimum absolute atomic E-state index is 0.393. The predicted octanol–water partition coefficient (Wildman–Crippen LogP) is 4.25. The second-order valence-electron chi connectivity index (χ2n) is 4.40. The van der Waals surface area contributed by atoms with Gasteiger partial charge < -0.3 is 5.11 Å². The maximum Gasteiger partial charge on any atom is 0.0838 e. The van der Waals surface area contributed by atoms with E-state index in [1.807, 2.05) is 5.38 Å². The summed E-state index contributed by atoms with van der Waals surface area (Å²) in [6.45, 7) is 4.19. The molecule has 2 rings (SSSR count). The van der Waals surface area contributed by atoms with Crippen molar-refractivity contribution in [3.63, 3.8) is 0 Å². The number of aliphatic hydroxyl groups is 1. The molecule has 1 heterocycles. The van der Waals surface area contributed by atoms with Crippen LogP contribution in [0.4, 0.5) is 0 Å². The summed E-state index contributed by atoms with van der Waals surface area (Å²) in [6.07, 6.45) is 0.297. The standard InChI is InChI=1S/C14H15IOS/c1-9-3-10(2)5-11(4-9)6-13(16)12-7-14(15)17-8-12/h3-5,7-8,13,16H,6H2,1-2H3. The van der Waals surface area contributed by atoms with Crippen LogP contribution < -0.4 is 0 Å². The Morgan fingerprint density at radius 3 is 2.35 bits per heavy atom. The van der Waals surface area contributed by atoms with Gasteiger partial charge in [-0.25, -0.2) is 0 Å². The number of thiophene rings is 1. The molecular formula is C14H15IOS. The highest BCUT2D eigenvalue weighted by Crippen LogP contribution is 2.25. The molecule has 0 aliphatic carbocycles. The molecular weight excluding hydrogens is 343 g/mol. The highest BCUT2D eigenvalue weighted by Gasteiger charge is 2.10. The van der Waals surface area contributed by atoms with E-state index in [0.29, 0.717) is 6.42 Å². The quantitative estimate of drug-likeness (QED) is 0.814. The lowest BCUT2D eigenvalue weighted by Crippen LogP contribution is -2.01. The van der Waals surface area contributed by atoms with Crippen LogP contribution in [0.5, 0.6) is 0 Å². The number of hydrogen-bond acceptors (Lipinski definition) is 2. The van der Waals surface area contributed by atoms with Gasteiger partial charge in [-0.05, 0) is 59.0 Å². The number of aryl methyl sites for hydroxylation is 2. The summed E-state index contributed by atoms with van der Waals surface area (Å²) in [7, 11) is 0. The van der Waals surface area contributed by atoms with Crippen LogP contribution in [-0.2, 0) is 6.42 Å². The second kappa shape index (κ2) is 5.50. The third-order valence-corrected chi connectivity index (χ3v) is 4.49. The summed E-state index contributed by atoms with van der Waals surface area (Å²) < 4.78 is 1.22. The van der Waals surface area contributed by atoms with Crippen LogP contribution in [0.25, 0.3) is 0 Å². The number of hydrogen-bond donors (Lipinski definition) is 1. The van der Waals surface area contributed by atoms with Crippen molar-refractivity contribution in [1.29, 1.82) is 0 Å². The van der Waals surface area contributed by atoms with Crippen LogP contribution in [0.1, 0.15) is 28.4 Å². The zero-order chi connectivity index (χ0) is 12.4. The van der Waals surface area contributed by atoms with Gasteiger partial charge in [0.25, 0.3) is 0 Å². The zero-order valence-corrected chi connectivity index (χ0v) is 12.9. The third kappa shape index (κ3) is 3.53. The van der Waals surface area contributed by atoms with E-state index in [2.05, 4.69) is 60.7 Å². The lowest BCUT2D eigenvalue weighted by atomic mass is 10.00. The molecule has 1 aromatic carbocycles. The first kappa shape index (κ1) is 13.1. The fourth-order valence-electron chi connectivity index (χ4n) is 2.03. The van der Waals surface area contributed by atoms with E-state index >= 15 is 0 Å². The summed E-state index contributed by atoms with van der Waals surface area (Å²) >= 11 is 3.96. The van der Waals surface area contributed by atoms with Gasteiger partial charge in [0.1, 0.15) is 0 Å². The average Bonchev–Trinajstić information content (AvgIpc) is 2.63. The first-order valence-electron chi connectivity index (χ1n) is 5.54. The van der Waals surface area contributed by atoms with E-state index in [-0.39, 0.29) is 0 Å². The molecule has 1 aromatic heterocycles. The SMILES string of the molecule is Cc1cc(C)cc(CC(O)c2csc(I)c2)c1. The largest absolute Gasteiger partial charge is 0.388 e. The molecule has 1 N–H and O–H groups in total. The maximum absolute atomic E-state index is 10.2. The highest BCUT2D eigenvalue weighted by atomic mass is 127. The number of rotatable bonds is 3. The maximum atomic E-state index is 10.2. The van der Waals surface area contributed by atoms with Crippen molar-refractivity contribution in [2.24, 2.45) is 0 Å². The fraction of sp³-hybridized carbons (Fsp3) is 0.286. The molecule has 17 heavy (non-hydrogen) atoms. The fourth-order valence-corrected chi connectivity index (χ4v) is 3.44. The highest BCUT2D eigenvalue weighted by molar-refractivity contribution is 14.1. The van der Waals surface area contributed by atoms with Crippen LogP contribution in [0.2, 0.25) is 0 Å². The Balaban J connectivity index is 2.15. The van der Waals surface area contributed by atoms with Gasteiger partial charge in [-0.2, -0.15) is 0 Å². The molecule has 0 saturated carbocycles. The Kier molecular flexibility index (Phi) is 4.22. The first-order chi connectivity index (χ1) is 8.04. The van der Waals surface area contributed by atoms with Crippen LogP contribution >= 0.6 is 33.9 Å². The molecule has 0 spiro atoms. The summed E-state index contributed by atoms with van der Waals surface area (Å²) in [4.78, 5) is 0. The Bertz CT molecular complexity index is 498. The Labute approximate surface area is 120 Å². The van der Waals surface area contributed by atoms with Gasteiger partial charge >= 0.3 is 0 Å². The molecule has 1 nitrogen and oxygen atoms in total. The molecule has 90 valence electrons. The molecule has 0 amide bonds. The molecule has 0 fully saturated rings. The molecule has 2 aromatic rings. The van der Waals surface area contributed by atoms with Crippen LogP contribution in [-0.4, -0.2) is 5.11 Å². The number of halogens is 1. The summed E-state index contributed by atoms with van der Waals surface area (Å²) in [5.41, 5.74) is 4.74. The first-order valence-corrected chi connectivity index (χ1v) is 7.49. The van der Waals surface area contributed by atoms with Crippen molar-refractivity contribution < 1.29 is 5.11 Å². The topological polar surface area (TPSA) is 20.2 Å². The Morgan fingerprint density at radius 2 is 1.82 bits per heavy atom. The lowest BCUT2D eigenvalue weighted by molar-refractivity contribution is 0.179. The molecule has 0 aliphatic heterocycles. The van der Waals surface area contributed by atoms with Crippen LogP contribution in [0.3, 0.4) is 0 Å². The van der Waals surface area contributed by atoms with E-state index in [1.165, 1.54) is 19.6 Å². The smallest absolute Gasteiger partial charge is 0.0838 e. The minimum Gasteiger partial charge on any atom is -0.388 e. The normalized spacial score (nSPS) is 12.7. The van der Waals surface area contributed by atoms with Gasteiger partial charge in [0.05, 0.1) is 8.99 Å². The number of benzene rings is 1. The Hall–Kier alpha value is -0.390. The van der Waals surface area contributed by atoms with E-state index in [1.54, 1.807) is 11.3 Å². The van der Waals surface area contributed by atoms with Gasteiger partial charge in [0.2, 0.25) is 0 Å². The predicted molar refractivity (Wildman–Crippen MR) is 81.6 cm³/mol. The third-order valence-electron chi connectivity index (χ3n) is 2.68. The summed E-state index contributed by atoms with van der Waals surface area (Å²) in [6, 6.07) is 8.50. The van der Waals surface area contributed by atoms with E-state index < -0.39 is 6.10 Å². The van der Waals surface area contributed by atoms with E-state index in [9.17, 15) is 5.11 Å². The van der Waals surface area contributed by atoms with Crippen LogP contribution in [0.15, 0.2) is 29.6 Å².